The molecule has 0 saturated carbocycles. The van der Waals surface area contributed by atoms with Crippen LogP contribution in [0, 0.1) is 0 Å². The number of aryl methyl sites for hydroxylation is 1. The minimum Gasteiger partial charge on any atom is -0.469 e. The average molecular weight is 399 g/mol. The second-order valence-corrected chi connectivity index (χ2v) is 7.12. The van der Waals surface area contributed by atoms with Crippen molar-refractivity contribution in [2.75, 3.05) is 7.11 Å². The van der Waals surface area contributed by atoms with Crippen molar-refractivity contribution in [1.29, 1.82) is 0 Å². The molecule has 0 atom stereocenters. The number of aromatic nitrogens is 2. The van der Waals surface area contributed by atoms with Gasteiger partial charge in [0.25, 0.3) is 0 Å². The average Bonchev–Trinajstić information content (AvgIpc) is 2.74. The van der Waals surface area contributed by atoms with Crippen LogP contribution in [0.25, 0.3) is 11.0 Å². The van der Waals surface area contributed by atoms with Crippen LogP contribution in [0.2, 0.25) is 0 Å². The van der Waals surface area contributed by atoms with Crippen LogP contribution in [0.5, 0.6) is 0 Å². The molecule has 1 heterocycles. The largest absolute Gasteiger partial charge is 0.469 e. The summed E-state index contributed by atoms with van der Waals surface area (Å²) in [5.74, 6) is -0.435. The Kier molecular flexibility index (Phi) is 5.17. The van der Waals surface area contributed by atoms with Crippen LogP contribution in [0.15, 0.2) is 27.5 Å². The summed E-state index contributed by atoms with van der Waals surface area (Å²) in [7, 11) is 1.28. The van der Waals surface area contributed by atoms with E-state index in [9.17, 15) is 14.4 Å². The van der Waals surface area contributed by atoms with Crippen molar-refractivity contribution in [3.05, 3.63) is 33.2 Å². The zero-order chi connectivity index (χ0) is 18.1. The molecule has 0 N–H and O–H groups in total. The molecule has 2 rings (SSSR count). The predicted molar refractivity (Wildman–Crippen MR) is 92.2 cm³/mol. The first-order valence-electron chi connectivity index (χ1n) is 7.35. The molecule has 0 aliphatic rings. The standard InChI is InChI=1S/C16H19BrN2O5/c1-16(2,3)24-15(22)19-11-6-5-10(17)9-12(11)18(14(19)21)8-7-13(20)23-4/h5-6,9H,7-8H2,1-4H3. The SMILES string of the molecule is COC(=O)CCn1c(=O)n(C(=O)OC(C)(C)C)c2ccc(Br)cc21. The van der Waals surface area contributed by atoms with Crippen LogP contribution in [0.4, 0.5) is 4.79 Å². The number of benzene rings is 1. The van der Waals surface area contributed by atoms with E-state index in [0.29, 0.717) is 11.0 Å². The summed E-state index contributed by atoms with van der Waals surface area (Å²) in [4.78, 5) is 36.5. The Labute approximate surface area is 147 Å². The third kappa shape index (κ3) is 3.87. The first-order valence-corrected chi connectivity index (χ1v) is 8.14. The Bertz CT molecular complexity index is 844. The summed E-state index contributed by atoms with van der Waals surface area (Å²) in [6.45, 7) is 5.28. The number of esters is 1. The first-order chi connectivity index (χ1) is 11.1. The minimum absolute atomic E-state index is 0.0242. The van der Waals surface area contributed by atoms with Crippen molar-refractivity contribution < 1.29 is 19.1 Å². The summed E-state index contributed by atoms with van der Waals surface area (Å²) >= 11 is 3.35. The summed E-state index contributed by atoms with van der Waals surface area (Å²) in [6, 6.07) is 5.10. The van der Waals surface area contributed by atoms with Gasteiger partial charge < -0.3 is 9.47 Å². The highest BCUT2D eigenvalue weighted by atomic mass is 79.9. The van der Waals surface area contributed by atoms with Crippen molar-refractivity contribution in [3.8, 4) is 0 Å². The molecule has 24 heavy (non-hydrogen) atoms. The van der Waals surface area contributed by atoms with Gasteiger partial charge in [-0.3, -0.25) is 9.36 Å². The maximum absolute atomic E-state index is 12.7. The fourth-order valence-corrected chi connectivity index (χ4v) is 2.58. The number of hydrogen-bond donors (Lipinski definition) is 0. The molecule has 0 unspecified atom stereocenters. The Hall–Kier alpha value is -2.09. The van der Waals surface area contributed by atoms with Crippen molar-refractivity contribution in [2.24, 2.45) is 0 Å². The van der Waals surface area contributed by atoms with Crippen molar-refractivity contribution in [2.45, 2.75) is 39.3 Å². The molecule has 0 saturated heterocycles. The molecular weight excluding hydrogens is 380 g/mol. The molecule has 0 aliphatic heterocycles. The number of carbonyl (C=O) groups excluding carboxylic acids is 2. The zero-order valence-corrected chi connectivity index (χ0v) is 15.5. The number of ether oxygens (including phenoxy) is 2. The predicted octanol–water partition coefficient (Wildman–Crippen LogP) is 2.91. The number of fused-ring (bicyclic) bond motifs is 1. The lowest BCUT2D eigenvalue weighted by molar-refractivity contribution is -0.140. The van der Waals surface area contributed by atoms with E-state index >= 15 is 0 Å². The smallest absolute Gasteiger partial charge is 0.423 e. The number of methoxy groups -OCH3 is 1. The van der Waals surface area contributed by atoms with Crippen LogP contribution < -0.4 is 5.69 Å². The van der Waals surface area contributed by atoms with E-state index in [4.69, 9.17) is 4.74 Å². The highest BCUT2D eigenvalue weighted by Gasteiger charge is 2.24. The summed E-state index contributed by atoms with van der Waals surface area (Å²) < 4.78 is 13.0. The first kappa shape index (κ1) is 18.3. The Morgan fingerprint density at radius 2 is 1.88 bits per heavy atom. The molecule has 0 fully saturated rings. The van der Waals surface area contributed by atoms with Gasteiger partial charge in [0.1, 0.15) is 5.60 Å². The fourth-order valence-electron chi connectivity index (χ4n) is 2.23. The van der Waals surface area contributed by atoms with E-state index in [0.717, 1.165) is 9.04 Å². The number of imidazole rings is 1. The van der Waals surface area contributed by atoms with Crippen LogP contribution in [0.3, 0.4) is 0 Å². The van der Waals surface area contributed by atoms with E-state index in [1.54, 1.807) is 39.0 Å². The fraction of sp³-hybridized carbons (Fsp3) is 0.438. The zero-order valence-electron chi connectivity index (χ0n) is 14.0. The Morgan fingerprint density at radius 1 is 1.21 bits per heavy atom. The highest BCUT2D eigenvalue weighted by Crippen LogP contribution is 2.21. The molecule has 0 bridgehead atoms. The van der Waals surface area contributed by atoms with Gasteiger partial charge in [-0.25, -0.2) is 9.59 Å². The van der Waals surface area contributed by atoms with Gasteiger partial charge in [-0.2, -0.15) is 4.57 Å². The quantitative estimate of drug-likeness (QED) is 0.742. The lowest BCUT2D eigenvalue weighted by atomic mass is 10.2. The van der Waals surface area contributed by atoms with Gasteiger partial charge in [-0.15, -0.1) is 0 Å². The Morgan fingerprint density at radius 3 is 2.46 bits per heavy atom. The van der Waals surface area contributed by atoms with Crippen molar-refractivity contribution in [3.63, 3.8) is 0 Å². The number of carbonyl (C=O) groups is 2. The topological polar surface area (TPSA) is 79.5 Å². The molecule has 130 valence electrons. The van der Waals surface area contributed by atoms with Crippen molar-refractivity contribution in [1.82, 2.24) is 9.13 Å². The molecule has 2 aromatic rings. The molecule has 0 radical (unpaired) electrons. The van der Waals surface area contributed by atoms with Crippen LogP contribution in [-0.2, 0) is 20.8 Å². The number of halogens is 1. The molecular formula is C16H19BrN2O5. The normalized spacial score (nSPS) is 11.5. The van der Waals surface area contributed by atoms with E-state index < -0.39 is 23.4 Å². The molecule has 0 amide bonds. The van der Waals surface area contributed by atoms with Gasteiger partial charge in [-0.05, 0) is 39.0 Å². The maximum atomic E-state index is 12.7. The third-order valence-corrected chi connectivity index (χ3v) is 3.73. The molecule has 0 spiro atoms. The summed E-state index contributed by atoms with van der Waals surface area (Å²) in [5, 5.41) is 0. The lowest BCUT2D eigenvalue weighted by Gasteiger charge is -2.19. The molecule has 8 heteroatoms. The van der Waals surface area contributed by atoms with E-state index in [1.807, 2.05) is 0 Å². The lowest BCUT2D eigenvalue weighted by Crippen LogP contribution is -2.34. The van der Waals surface area contributed by atoms with Crippen LogP contribution in [-0.4, -0.2) is 33.9 Å². The minimum atomic E-state index is -0.753. The third-order valence-electron chi connectivity index (χ3n) is 3.23. The monoisotopic (exact) mass is 398 g/mol. The van der Waals surface area contributed by atoms with Gasteiger partial charge in [-0.1, -0.05) is 15.9 Å². The summed E-state index contributed by atoms with van der Waals surface area (Å²) in [5.41, 5.74) is -0.334. The van der Waals surface area contributed by atoms with E-state index in [2.05, 4.69) is 20.7 Å². The Balaban J connectivity index is 2.56. The van der Waals surface area contributed by atoms with E-state index in [-0.39, 0.29) is 13.0 Å². The van der Waals surface area contributed by atoms with E-state index in [1.165, 1.54) is 11.7 Å². The van der Waals surface area contributed by atoms with Gasteiger partial charge in [0.2, 0.25) is 0 Å². The van der Waals surface area contributed by atoms with Gasteiger partial charge in [0.05, 0.1) is 24.6 Å². The van der Waals surface area contributed by atoms with Gasteiger partial charge in [0.15, 0.2) is 0 Å². The number of hydrogen-bond acceptors (Lipinski definition) is 5. The van der Waals surface area contributed by atoms with Crippen LogP contribution in [0.1, 0.15) is 27.2 Å². The van der Waals surface area contributed by atoms with Gasteiger partial charge >= 0.3 is 17.8 Å². The molecule has 0 aliphatic carbocycles. The van der Waals surface area contributed by atoms with Gasteiger partial charge in [0, 0.05) is 11.0 Å². The maximum Gasteiger partial charge on any atom is 0.423 e. The van der Waals surface area contributed by atoms with Crippen molar-refractivity contribution >= 4 is 39.0 Å². The number of rotatable bonds is 3. The molecule has 1 aromatic carbocycles. The number of nitrogens with zero attached hydrogens (tertiary/aromatic N) is 2. The second kappa shape index (κ2) is 6.80. The van der Waals surface area contributed by atoms with Crippen LogP contribution >= 0.6 is 15.9 Å². The molecule has 7 nitrogen and oxygen atoms in total. The second-order valence-electron chi connectivity index (χ2n) is 6.21. The summed E-state index contributed by atoms with van der Waals surface area (Å²) in [6.07, 6.45) is -0.729. The highest BCUT2D eigenvalue weighted by molar-refractivity contribution is 9.10. The molecule has 1 aromatic heterocycles.